The van der Waals surface area contributed by atoms with E-state index in [4.69, 9.17) is 15.2 Å². The first-order valence-corrected chi connectivity index (χ1v) is 7.97. The van der Waals surface area contributed by atoms with E-state index in [1.807, 2.05) is 26.0 Å². The third-order valence-corrected chi connectivity index (χ3v) is 4.41. The molecule has 4 nitrogen and oxygen atoms in total. The molecule has 1 heterocycles. The van der Waals surface area contributed by atoms with Gasteiger partial charge in [-0.3, -0.25) is 0 Å². The smallest absolute Gasteiger partial charge is 0.161 e. The monoisotopic (exact) mass is 306 g/mol. The molecule has 0 bridgehead atoms. The summed E-state index contributed by atoms with van der Waals surface area (Å²) in [4.78, 5) is 4.55. The number of hydrogen-bond acceptors (Lipinski definition) is 5. The summed E-state index contributed by atoms with van der Waals surface area (Å²) < 4.78 is 10.9. The van der Waals surface area contributed by atoms with Gasteiger partial charge in [0.1, 0.15) is 0 Å². The van der Waals surface area contributed by atoms with Crippen molar-refractivity contribution in [3.63, 3.8) is 0 Å². The van der Waals surface area contributed by atoms with Gasteiger partial charge in [0.25, 0.3) is 0 Å². The van der Waals surface area contributed by atoms with Crippen LogP contribution in [-0.4, -0.2) is 25.2 Å². The molecule has 2 aromatic rings. The van der Waals surface area contributed by atoms with Gasteiger partial charge in [-0.1, -0.05) is 6.07 Å². The molecule has 0 radical (unpaired) electrons. The quantitative estimate of drug-likeness (QED) is 0.854. The molecule has 1 aromatic carbocycles. The summed E-state index contributed by atoms with van der Waals surface area (Å²) in [5.41, 5.74) is 8.15. The maximum Gasteiger partial charge on any atom is 0.161 e. The molecule has 114 valence electrons. The Kier molecular flexibility index (Phi) is 5.59. The van der Waals surface area contributed by atoms with Crippen molar-refractivity contribution in [3.05, 3.63) is 39.8 Å². The zero-order valence-electron chi connectivity index (χ0n) is 12.8. The lowest BCUT2D eigenvalue weighted by molar-refractivity contribution is 0.310. The van der Waals surface area contributed by atoms with Crippen LogP contribution in [0.15, 0.2) is 23.6 Å². The molecule has 0 saturated carbocycles. The standard InChI is InChI=1S/C16H22N2O2S/c1-4-20-14-6-5-12(8-15(14)19-3)7-13(9-17)16-18-11(2)10-21-16/h5-6,8,10,13H,4,7,9,17H2,1-3H3. The zero-order valence-corrected chi connectivity index (χ0v) is 13.6. The summed E-state index contributed by atoms with van der Waals surface area (Å²) in [6.07, 6.45) is 0.853. The Morgan fingerprint density at radius 3 is 2.71 bits per heavy atom. The predicted octanol–water partition coefficient (Wildman–Crippen LogP) is 3.14. The highest BCUT2D eigenvalue weighted by molar-refractivity contribution is 7.09. The Morgan fingerprint density at radius 1 is 1.33 bits per heavy atom. The fraction of sp³-hybridized carbons (Fsp3) is 0.438. The van der Waals surface area contributed by atoms with Crippen LogP contribution in [0, 0.1) is 6.92 Å². The lowest BCUT2D eigenvalue weighted by Crippen LogP contribution is -2.15. The van der Waals surface area contributed by atoms with Crippen molar-refractivity contribution in [2.45, 2.75) is 26.2 Å². The maximum atomic E-state index is 5.92. The van der Waals surface area contributed by atoms with Gasteiger partial charge in [-0.25, -0.2) is 4.98 Å². The Bertz CT molecular complexity index is 583. The van der Waals surface area contributed by atoms with Crippen LogP contribution >= 0.6 is 11.3 Å². The van der Waals surface area contributed by atoms with E-state index in [-0.39, 0.29) is 5.92 Å². The first-order chi connectivity index (χ1) is 10.2. The van der Waals surface area contributed by atoms with Gasteiger partial charge in [0.15, 0.2) is 11.5 Å². The average molecular weight is 306 g/mol. The summed E-state index contributed by atoms with van der Waals surface area (Å²) in [7, 11) is 1.66. The van der Waals surface area contributed by atoms with Crippen molar-refractivity contribution in [1.29, 1.82) is 0 Å². The fourth-order valence-electron chi connectivity index (χ4n) is 2.23. The van der Waals surface area contributed by atoms with Crippen LogP contribution < -0.4 is 15.2 Å². The fourth-order valence-corrected chi connectivity index (χ4v) is 3.14. The third-order valence-electron chi connectivity index (χ3n) is 3.28. The average Bonchev–Trinajstić information content (AvgIpc) is 2.92. The van der Waals surface area contributed by atoms with E-state index in [9.17, 15) is 0 Å². The number of nitrogens with two attached hydrogens (primary N) is 1. The van der Waals surface area contributed by atoms with Crippen molar-refractivity contribution < 1.29 is 9.47 Å². The number of aryl methyl sites for hydroxylation is 1. The Morgan fingerprint density at radius 2 is 2.14 bits per heavy atom. The highest BCUT2D eigenvalue weighted by Crippen LogP contribution is 2.31. The first-order valence-electron chi connectivity index (χ1n) is 7.09. The molecule has 0 aliphatic rings. The zero-order chi connectivity index (χ0) is 15.2. The first kappa shape index (κ1) is 15.8. The second-order valence-corrected chi connectivity index (χ2v) is 5.77. The molecule has 2 rings (SSSR count). The van der Waals surface area contributed by atoms with E-state index in [0.29, 0.717) is 13.2 Å². The SMILES string of the molecule is CCOc1ccc(CC(CN)c2nc(C)cs2)cc1OC. The van der Waals surface area contributed by atoms with E-state index in [1.165, 1.54) is 5.56 Å². The van der Waals surface area contributed by atoms with Crippen molar-refractivity contribution in [1.82, 2.24) is 4.98 Å². The summed E-state index contributed by atoms with van der Waals surface area (Å²) in [6, 6.07) is 6.04. The van der Waals surface area contributed by atoms with Crippen molar-refractivity contribution >= 4 is 11.3 Å². The number of hydrogen-bond donors (Lipinski definition) is 1. The normalized spacial score (nSPS) is 12.2. The summed E-state index contributed by atoms with van der Waals surface area (Å²) in [5, 5.41) is 3.17. The molecule has 0 aliphatic heterocycles. The van der Waals surface area contributed by atoms with Crippen LogP contribution in [-0.2, 0) is 6.42 Å². The van der Waals surface area contributed by atoms with E-state index >= 15 is 0 Å². The summed E-state index contributed by atoms with van der Waals surface area (Å²) >= 11 is 1.68. The molecule has 0 saturated heterocycles. The van der Waals surface area contributed by atoms with Gasteiger partial charge < -0.3 is 15.2 Å². The number of methoxy groups -OCH3 is 1. The van der Waals surface area contributed by atoms with E-state index in [1.54, 1.807) is 18.4 Å². The van der Waals surface area contributed by atoms with Crippen LogP contribution in [0.2, 0.25) is 0 Å². The maximum absolute atomic E-state index is 5.92. The van der Waals surface area contributed by atoms with Crippen LogP contribution in [0.5, 0.6) is 11.5 Å². The molecule has 1 atom stereocenters. The Balaban J connectivity index is 2.17. The third kappa shape index (κ3) is 3.95. The van der Waals surface area contributed by atoms with Gasteiger partial charge >= 0.3 is 0 Å². The largest absolute Gasteiger partial charge is 0.493 e. The van der Waals surface area contributed by atoms with Gasteiger partial charge in [-0.15, -0.1) is 11.3 Å². The highest BCUT2D eigenvalue weighted by atomic mass is 32.1. The molecule has 5 heteroatoms. The number of rotatable bonds is 7. The topological polar surface area (TPSA) is 57.4 Å². The Hall–Kier alpha value is -1.59. The summed E-state index contributed by atoms with van der Waals surface area (Å²) in [5.74, 6) is 1.78. The van der Waals surface area contributed by atoms with Crippen LogP contribution in [0.1, 0.15) is 29.1 Å². The molecule has 21 heavy (non-hydrogen) atoms. The number of nitrogens with zero attached hydrogens (tertiary/aromatic N) is 1. The lowest BCUT2D eigenvalue weighted by atomic mass is 9.99. The molecule has 0 fully saturated rings. The van der Waals surface area contributed by atoms with Crippen molar-refractivity contribution in [2.75, 3.05) is 20.3 Å². The predicted molar refractivity (Wildman–Crippen MR) is 86.5 cm³/mol. The van der Waals surface area contributed by atoms with E-state index in [2.05, 4.69) is 16.4 Å². The molecular weight excluding hydrogens is 284 g/mol. The molecular formula is C16H22N2O2S. The number of benzene rings is 1. The van der Waals surface area contributed by atoms with Gasteiger partial charge in [0.2, 0.25) is 0 Å². The van der Waals surface area contributed by atoms with Gasteiger partial charge in [0, 0.05) is 23.5 Å². The molecule has 1 aromatic heterocycles. The van der Waals surface area contributed by atoms with Crippen LogP contribution in [0.3, 0.4) is 0 Å². The van der Waals surface area contributed by atoms with Crippen LogP contribution in [0.25, 0.3) is 0 Å². The van der Waals surface area contributed by atoms with Crippen molar-refractivity contribution in [2.24, 2.45) is 5.73 Å². The lowest BCUT2D eigenvalue weighted by Gasteiger charge is -2.14. The van der Waals surface area contributed by atoms with Crippen molar-refractivity contribution in [3.8, 4) is 11.5 Å². The minimum absolute atomic E-state index is 0.242. The molecule has 0 aliphatic carbocycles. The molecule has 2 N–H and O–H groups in total. The van der Waals surface area contributed by atoms with Gasteiger partial charge in [0.05, 0.1) is 18.7 Å². The van der Waals surface area contributed by atoms with Gasteiger partial charge in [-0.2, -0.15) is 0 Å². The number of thiazole rings is 1. The minimum atomic E-state index is 0.242. The number of ether oxygens (including phenoxy) is 2. The second-order valence-electron chi connectivity index (χ2n) is 4.88. The second kappa shape index (κ2) is 7.43. The molecule has 1 unspecified atom stereocenters. The molecule has 0 amide bonds. The van der Waals surface area contributed by atoms with Gasteiger partial charge in [-0.05, 0) is 38.0 Å². The number of aromatic nitrogens is 1. The van der Waals surface area contributed by atoms with E-state index < -0.39 is 0 Å². The minimum Gasteiger partial charge on any atom is -0.493 e. The Labute approximate surface area is 129 Å². The highest BCUT2D eigenvalue weighted by Gasteiger charge is 2.15. The molecule has 0 spiro atoms. The van der Waals surface area contributed by atoms with E-state index in [0.717, 1.165) is 28.6 Å². The summed E-state index contributed by atoms with van der Waals surface area (Å²) in [6.45, 7) is 5.18. The van der Waals surface area contributed by atoms with Crippen LogP contribution in [0.4, 0.5) is 0 Å².